The molecule has 154 valence electrons. The van der Waals surface area contributed by atoms with Crippen LogP contribution in [0.1, 0.15) is 32.7 Å². The van der Waals surface area contributed by atoms with Crippen LogP contribution in [0.4, 0.5) is 5.82 Å². The van der Waals surface area contributed by atoms with Crippen LogP contribution in [0.3, 0.4) is 0 Å². The summed E-state index contributed by atoms with van der Waals surface area (Å²) in [6.07, 6.45) is 0. The first-order valence-electron chi connectivity index (χ1n) is 10.3. The predicted molar refractivity (Wildman–Crippen MR) is 128 cm³/mol. The van der Waals surface area contributed by atoms with E-state index < -0.39 is 0 Å². The molecule has 0 aliphatic carbocycles. The maximum absolute atomic E-state index is 13.1. The van der Waals surface area contributed by atoms with E-state index in [0.29, 0.717) is 5.56 Å². The molecule has 1 aromatic heterocycles. The molecule has 31 heavy (non-hydrogen) atoms. The lowest BCUT2D eigenvalue weighted by atomic mass is 10.0. The number of nitrogens with one attached hydrogen (secondary N) is 1. The maximum Gasteiger partial charge on any atom is 0.256 e. The van der Waals surface area contributed by atoms with Crippen LogP contribution in [-0.4, -0.2) is 15.7 Å². The number of nitrogens with zero attached hydrogens (tertiary/aromatic N) is 2. The van der Waals surface area contributed by atoms with Crippen LogP contribution in [0.2, 0.25) is 0 Å². The second-order valence-corrected chi connectivity index (χ2v) is 8.91. The van der Waals surface area contributed by atoms with E-state index in [0.717, 1.165) is 45.4 Å². The maximum atomic E-state index is 13.1. The van der Waals surface area contributed by atoms with Gasteiger partial charge in [0.05, 0.1) is 11.4 Å². The summed E-state index contributed by atoms with van der Waals surface area (Å²) in [5.41, 5.74) is 8.37. The smallest absolute Gasteiger partial charge is 0.256 e. The Morgan fingerprint density at radius 1 is 0.903 bits per heavy atom. The van der Waals surface area contributed by atoms with Gasteiger partial charge in [0.1, 0.15) is 5.82 Å². The second kappa shape index (κ2) is 8.08. The first-order chi connectivity index (χ1) is 15.1. The van der Waals surface area contributed by atoms with E-state index in [9.17, 15) is 4.79 Å². The van der Waals surface area contributed by atoms with E-state index in [2.05, 4.69) is 49.5 Å². The topological polar surface area (TPSA) is 46.9 Å². The number of carbonyl (C=O) groups excluding carboxylic acids is 1. The number of hydrogen-bond acceptors (Lipinski definition) is 3. The summed E-state index contributed by atoms with van der Waals surface area (Å²) in [5.74, 6) is 2.40. The Bertz CT molecular complexity index is 1240. The van der Waals surface area contributed by atoms with Crippen molar-refractivity contribution in [2.45, 2.75) is 25.4 Å². The number of carbonyl (C=O) groups is 1. The van der Waals surface area contributed by atoms with Crippen molar-refractivity contribution in [2.24, 2.45) is 0 Å². The largest absolute Gasteiger partial charge is 0.306 e. The standard InChI is InChI=1S/C26H23N3OS/c1-17-12-18(2)14-22(13-17)29-25(23-15-31-16-24(23)28-29)27-26(30)21-10-8-20(9-11-21)19-6-4-3-5-7-19/h3-14H,15-16H2,1-2H3,(H,27,30). The van der Waals surface area contributed by atoms with Crippen molar-refractivity contribution < 1.29 is 4.79 Å². The molecule has 0 spiro atoms. The molecule has 0 fully saturated rings. The van der Waals surface area contributed by atoms with Gasteiger partial charge in [-0.05, 0) is 60.4 Å². The van der Waals surface area contributed by atoms with Gasteiger partial charge in [-0.1, -0.05) is 48.5 Å². The van der Waals surface area contributed by atoms with Crippen LogP contribution >= 0.6 is 11.8 Å². The van der Waals surface area contributed by atoms with Crippen LogP contribution in [0, 0.1) is 13.8 Å². The highest BCUT2D eigenvalue weighted by Crippen LogP contribution is 2.36. The summed E-state index contributed by atoms with van der Waals surface area (Å²) in [4.78, 5) is 13.1. The molecular weight excluding hydrogens is 402 g/mol. The van der Waals surface area contributed by atoms with Gasteiger partial charge in [0, 0.05) is 22.6 Å². The summed E-state index contributed by atoms with van der Waals surface area (Å²) in [6.45, 7) is 4.16. The molecule has 1 aliphatic heterocycles. The average Bonchev–Trinajstić information content (AvgIpc) is 3.36. The molecule has 1 N–H and O–H groups in total. The lowest BCUT2D eigenvalue weighted by Crippen LogP contribution is -2.16. The summed E-state index contributed by atoms with van der Waals surface area (Å²) >= 11 is 1.83. The third kappa shape index (κ3) is 3.89. The van der Waals surface area contributed by atoms with Crippen molar-refractivity contribution in [1.29, 1.82) is 0 Å². The third-order valence-electron chi connectivity index (χ3n) is 5.49. The zero-order valence-corrected chi connectivity index (χ0v) is 18.4. The molecule has 4 aromatic rings. The van der Waals surface area contributed by atoms with Gasteiger partial charge in [0.2, 0.25) is 0 Å². The Balaban J connectivity index is 1.46. The average molecular weight is 426 g/mol. The number of thioether (sulfide) groups is 1. The molecule has 1 aliphatic rings. The minimum atomic E-state index is -0.121. The zero-order valence-electron chi connectivity index (χ0n) is 17.6. The van der Waals surface area contributed by atoms with E-state index in [1.807, 2.05) is 58.9 Å². The van der Waals surface area contributed by atoms with E-state index in [1.54, 1.807) is 0 Å². The van der Waals surface area contributed by atoms with Crippen LogP contribution in [0.5, 0.6) is 0 Å². The number of benzene rings is 3. The lowest BCUT2D eigenvalue weighted by molar-refractivity contribution is 0.102. The summed E-state index contributed by atoms with van der Waals surface area (Å²) in [6, 6.07) is 24.3. The SMILES string of the molecule is Cc1cc(C)cc(-n2nc3c(c2NC(=O)c2ccc(-c4ccccc4)cc2)CSC3)c1. The van der Waals surface area contributed by atoms with Crippen molar-refractivity contribution in [1.82, 2.24) is 9.78 Å². The monoisotopic (exact) mass is 425 g/mol. The number of amides is 1. The Morgan fingerprint density at radius 2 is 1.58 bits per heavy atom. The van der Waals surface area contributed by atoms with Gasteiger partial charge >= 0.3 is 0 Å². The third-order valence-corrected chi connectivity index (χ3v) is 6.46. The number of rotatable bonds is 4. The fraction of sp³-hybridized carbons (Fsp3) is 0.154. The van der Waals surface area contributed by atoms with Gasteiger partial charge in [-0.25, -0.2) is 4.68 Å². The molecule has 4 nitrogen and oxygen atoms in total. The normalized spacial score (nSPS) is 12.6. The summed E-state index contributed by atoms with van der Waals surface area (Å²) < 4.78 is 1.89. The highest BCUT2D eigenvalue weighted by Gasteiger charge is 2.25. The van der Waals surface area contributed by atoms with Gasteiger partial charge in [-0.2, -0.15) is 16.9 Å². The molecule has 0 unspecified atom stereocenters. The second-order valence-electron chi connectivity index (χ2n) is 7.92. The first kappa shape index (κ1) is 19.6. The number of hydrogen-bond donors (Lipinski definition) is 1. The molecular formula is C26H23N3OS. The Hall–Kier alpha value is -3.31. The predicted octanol–water partition coefficient (Wildman–Crippen LogP) is 6.16. The lowest BCUT2D eigenvalue weighted by Gasteiger charge is -2.13. The quantitative estimate of drug-likeness (QED) is 0.426. The minimum Gasteiger partial charge on any atom is -0.306 e. The number of anilines is 1. The molecule has 0 bridgehead atoms. The van der Waals surface area contributed by atoms with Crippen molar-refractivity contribution in [3.05, 3.63) is 101 Å². The molecule has 0 radical (unpaired) electrons. The summed E-state index contributed by atoms with van der Waals surface area (Å²) in [7, 11) is 0. The molecule has 0 saturated heterocycles. The highest BCUT2D eigenvalue weighted by molar-refractivity contribution is 7.98. The fourth-order valence-electron chi connectivity index (χ4n) is 4.03. The molecule has 0 saturated carbocycles. The number of aryl methyl sites for hydroxylation is 2. The van der Waals surface area contributed by atoms with Crippen LogP contribution in [0.15, 0.2) is 72.8 Å². The Kier molecular flexibility index (Phi) is 5.12. The molecule has 1 amide bonds. The fourth-order valence-corrected chi connectivity index (χ4v) is 5.06. The number of aromatic nitrogens is 2. The van der Waals surface area contributed by atoms with E-state index >= 15 is 0 Å². The van der Waals surface area contributed by atoms with Crippen LogP contribution in [-0.2, 0) is 11.5 Å². The van der Waals surface area contributed by atoms with E-state index in [1.165, 1.54) is 11.1 Å². The van der Waals surface area contributed by atoms with E-state index in [4.69, 9.17) is 5.10 Å². The van der Waals surface area contributed by atoms with Crippen LogP contribution in [0.25, 0.3) is 16.8 Å². The van der Waals surface area contributed by atoms with Crippen molar-refractivity contribution >= 4 is 23.5 Å². The van der Waals surface area contributed by atoms with Gasteiger partial charge < -0.3 is 5.32 Å². The van der Waals surface area contributed by atoms with Gasteiger partial charge in [-0.15, -0.1) is 0 Å². The van der Waals surface area contributed by atoms with Gasteiger partial charge in [0.15, 0.2) is 0 Å². The van der Waals surface area contributed by atoms with Crippen LogP contribution < -0.4 is 5.32 Å². The number of fused-ring (bicyclic) bond motifs is 1. The molecule has 3 aromatic carbocycles. The highest BCUT2D eigenvalue weighted by atomic mass is 32.2. The first-order valence-corrected chi connectivity index (χ1v) is 11.5. The van der Waals surface area contributed by atoms with Crippen molar-refractivity contribution in [3.63, 3.8) is 0 Å². The molecule has 5 heteroatoms. The summed E-state index contributed by atoms with van der Waals surface area (Å²) in [5, 5.41) is 7.98. The molecule has 2 heterocycles. The Morgan fingerprint density at radius 3 is 2.29 bits per heavy atom. The van der Waals surface area contributed by atoms with E-state index in [-0.39, 0.29) is 5.91 Å². The molecule has 0 atom stereocenters. The van der Waals surface area contributed by atoms with Gasteiger partial charge in [0.25, 0.3) is 5.91 Å². The molecule has 5 rings (SSSR count). The minimum absolute atomic E-state index is 0.121. The Labute approximate surface area is 186 Å². The van der Waals surface area contributed by atoms with Gasteiger partial charge in [-0.3, -0.25) is 4.79 Å². The van der Waals surface area contributed by atoms with Crippen molar-refractivity contribution in [3.8, 4) is 16.8 Å². The van der Waals surface area contributed by atoms with Crippen molar-refractivity contribution in [2.75, 3.05) is 5.32 Å². The zero-order chi connectivity index (χ0) is 21.4.